The lowest BCUT2D eigenvalue weighted by molar-refractivity contribution is -0.155. The standard InChI is InChI=1S/C13H23NO4/c1-12(2)9(10(15)14-7-8-18-4)5-6-13(12,3)11(16)17/h9H,5-8H2,1-4H3,(H,14,15)(H,16,17)/t9-,13+/m0/s1. The molecule has 1 amide bonds. The summed E-state index contributed by atoms with van der Waals surface area (Å²) in [5.41, 5.74) is -1.38. The number of carbonyl (C=O) groups is 2. The van der Waals surface area contributed by atoms with Crippen LogP contribution in [0.2, 0.25) is 0 Å². The summed E-state index contributed by atoms with van der Waals surface area (Å²) in [6.45, 7) is 6.40. The van der Waals surface area contributed by atoms with E-state index in [2.05, 4.69) is 5.32 Å². The Morgan fingerprint density at radius 2 is 2.00 bits per heavy atom. The molecular formula is C13H23NO4. The Hall–Kier alpha value is -1.10. The first kappa shape index (κ1) is 15.0. The van der Waals surface area contributed by atoms with Gasteiger partial charge in [0.05, 0.1) is 12.0 Å². The highest BCUT2D eigenvalue weighted by molar-refractivity contribution is 5.83. The topological polar surface area (TPSA) is 75.6 Å². The molecule has 0 saturated heterocycles. The molecule has 0 aromatic carbocycles. The minimum Gasteiger partial charge on any atom is -0.481 e. The molecule has 0 bridgehead atoms. The van der Waals surface area contributed by atoms with Gasteiger partial charge in [0.1, 0.15) is 0 Å². The van der Waals surface area contributed by atoms with Crippen LogP contribution in [0.4, 0.5) is 0 Å². The Bertz CT molecular complexity index is 340. The van der Waals surface area contributed by atoms with Crippen molar-refractivity contribution in [1.82, 2.24) is 5.32 Å². The van der Waals surface area contributed by atoms with Gasteiger partial charge in [0.15, 0.2) is 0 Å². The van der Waals surface area contributed by atoms with Gasteiger partial charge in [-0.25, -0.2) is 0 Å². The highest BCUT2D eigenvalue weighted by Crippen LogP contribution is 2.56. The molecule has 5 heteroatoms. The first-order valence-corrected chi connectivity index (χ1v) is 6.27. The van der Waals surface area contributed by atoms with E-state index in [-0.39, 0.29) is 11.8 Å². The molecule has 1 aliphatic rings. The summed E-state index contributed by atoms with van der Waals surface area (Å²) < 4.78 is 4.88. The van der Waals surface area contributed by atoms with Crippen molar-refractivity contribution in [2.24, 2.45) is 16.7 Å². The van der Waals surface area contributed by atoms with Crippen LogP contribution in [0, 0.1) is 16.7 Å². The second-order valence-corrected chi connectivity index (χ2v) is 5.73. The van der Waals surface area contributed by atoms with E-state index in [0.717, 1.165) is 0 Å². The van der Waals surface area contributed by atoms with Crippen LogP contribution in [0.1, 0.15) is 33.6 Å². The first-order valence-electron chi connectivity index (χ1n) is 6.27. The van der Waals surface area contributed by atoms with Crippen molar-refractivity contribution in [1.29, 1.82) is 0 Å². The third kappa shape index (κ3) is 2.36. The van der Waals surface area contributed by atoms with E-state index < -0.39 is 16.8 Å². The Morgan fingerprint density at radius 3 is 2.44 bits per heavy atom. The molecule has 0 aliphatic heterocycles. The number of amides is 1. The SMILES string of the molecule is COCCNC(=O)[C@@H]1CC[C@](C)(C(=O)O)C1(C)C. The quantitative estimate of drug-likeness (QED) is 0.727. The minimum absolute atomic E-state index is 0.0676. The maximum absolute atomic E-state index is 12.1. The number of methoxy groups -OCH3 is 1. The highest BCUT2D eigenvalue weighted by Gasteiger charge is 2.58. The van der Waals surface area contributed by atoms with Gasteiger partial charge in [-0.05, 0) is 25.2 Å². The Kier molecular flexibility index (Phi) is 4.37. The Balaban J connectivity index is 2.75. The van der Waals surface area contributed by atoms with Crippen LogP contribution >= 0.6 is 0 Å². The number of hydrogen-bond donors (Lipinski definition) is 2. The van der Waals surface area contributed by atoms with Crippen molar-refractivity contribution >= 4 is 11.9 Å². The van der Waals surface area contributed by atoms with Crippen LogP contribution in [0.25, 0.3) is 0 Å². The van der Waals surface area contributed by atoms with Crippen molar-refractivity contribution in [2.75, 3.05) is 20.3 Å². The fourth-order valence-electron chi connectivity index (χ4n) is 2.74. The van der Waals surface area contributed by atoms with E-state index in [1.807, 2.05) is 13.8 Å². The van der Waals surface area contributed by atoms with Crippen molar-refractivity contribution in [2.45, 2.75) is 33.6 Å². The average molecular weight is 257 g/mol. The van der Waals surface area contributed by atoms with Gasteiger partial charge in [-0.15, -0.1) is 0 Å². The van der Waals surface area contributed by atoms with Crippen LogP contribution in [0.15, 0.2) is 0 Å². The molecule has 1 rings (SSSR count). The van der Waals surface area contributed by atoms with Crippen LogP contribution < -0.4 is 5.32 Å². The molecule has 0 heterocycles. The largest absolute Gasteiger partial charge is 0.481 e. The normalized spacial score (nSPS) is 30.1. The second-order valence-electron chi connectivity index (χ2n) is 5.73. The monoisotopic (exact) mass is 257 g/mol. The summed E-state index contributed by atoms with van der Waals surface area (Å²) in [6, 6.07) is 0. The third-order valence-corrected chi connectivity index (χ3v) is 4.62. The number of carboxylic acids is 1. The second kappa shape index (κ2) is 5.26. The molecular weight excluding hydrogens is 234 g/mol. The van der Waals surface area contributed by atoms with Gasteiger partial charge in [-0.1, -0.05) is 13.8 Å². The summed E-state index contributed by atoms with van der Waals surface area (Å²) in [6.07, 6.45) is 1.16. The Morgan fingerprint density at radius 1 is 1.39 bits per heavy atom. The molecule has 1 saturated carbocycles. The van der Waals surface area contributed by atoms with Gasteiger partial charge in [-0.2, -0.15) is 0 Å². The number of ether oxygens (including phenoxy) is 1. The van der Waals surface area contributed by atoms with Gasteiger partial charge < -0.3 is 15.2 Å². The van der Waals surface area contributed by atoms with E-state index in [1.165, 1.54) is 0 Å². The molecule has 1 fully saturated rings. The van der Waals surface area contributed by atoms with E-state index in [4.69, 9.17) is 4.74 Å². The average Bonchev–Trinajstić information content (AvgIpc) is 2.52. The molecule has 0 unspecified atom stereocenters. The summed E-state index contributed by atoms with van der Waals surface area (Å²) in [5.74, 6) is -1.14. The highest BCUT2D eigenvalue weighted by atomic mass is 16.5. The van der Waals surface area contributed by atoms with Crippen molar-refractivity contribution in [3.05, 3.63) is 0 Å². The molecule has 2 atom stereocenters. The van der Waals surface area contributed by atoms with Gasteiger partial charge in [0, 0.05) is 19.6 Å². The van der Waals surface area contributed by atoms with E-state index >= 15 is 0 Å². The molecule has 104 valence electrons. The fraction of sp³-hybridized carbons (Fsp3) is 0.846. The molecule has 0 aromatic heterocycles. The number of carbonyl (C=O) groups excluding carboxylic acids is 1. The predicted octanol–water partition coefficient (Wildman–Crippen LogP) is 1.28. The zero-order chi connectivity index (χ0) is 14.0. The number of hydrogen-bond acceptors (Lipinski definition) is 3. The van der Waals surface area contributed by atoms with Crippen molar-refractivity contribution < 1.29 is 19.4 Å². The number of rotatable bonds is 5. The molecule has 0 radical (unpaired) electrons. The maximum atomic E-state index is 12.1. The minimum atomic E-state index is -0.837. The number of aliphatic carboxylic acids is 1. The maximum Gasteiger partial charge on any atom is 0.309 e. The lowest BCUT2D eigenvalue weighted by Gasteiger charge is -2.37. The predicted molar refractivity (Wildman–Crippen MR) is 67.1 cm³/mol. The van der Waals surface area contributed by atoms with Crippen LogP contribution in [0.3, 0.4) is 0 Å². The summed E-state index contributed by atoms with van der Waals surface area (Å²) >= 11 is 0. The molecule has 1 aliphatic carbocycles. The Labute approximate surface area is 108 Å². The zero-order valence-electron chi connectivity index (χ0n) is 11.6. The summed E-state index contributed by atoms with van der Waals surface area (Å²) in [5, 5.41) is 12.2. The van der Waals surface area contributed by atoms with Crippen molar-refractivity contribution in [3.63, 3.8) is 0 Å². The van der Waals surface area contributed by atoms with Crippen LogP contribution in [0.5, 0.6) is 0 Å². The van der Waals surface area contributed by atoms with Gasteiger partial charge in [-0.3, -0.25) is 9.59 Å². The third-order valence-electron chi connectivity index (χ3n) is 4.62. The fourth-order valence-corrected chi connectivity index (χ4v) is 2.74. The molecule has 0 aromatic rings. The molecule has 0 spiro atoms. The van der Waals surface area contributed by atoms with E-state index in [9.17, 15) is 14.7 Å². The lowest BCUT2D eigenvalue weighted by Crippen LogP contribution is -2.45. The smallest absolute Gasteiger partial charge is 0.309 e. The zero-order valence-corrected chi connectivity index (χ0v) is 11.6. The molecule has 2 N–H and O–H groups in total. The van der Waals surface area contributed by atoms with Gasteiger partial charge >= 0.3 is 5.97 Å². The number of carboxylic acid groups (broad SMARTS) is 1. The van der Waals surface area contributed by atoms with Gasteiger partial charge in [0.2, 0.25) is 5.91 Å². The van der Waals surface area contributed by atoms with Crippen LogP contribution in [-0.2, 0) is 14.3 Å². The van der Waals surface area contributed by atoms with E-state index in [0.29, 0.717) is 26.0 Å². The van der Waals surface area contributed by atoms with Crippen LogP contribution in [-0.4, -0.2) is 37.2 Å². The number of nitrogens with one attached hydrogen (secondary N) is 1. The molecule has 5 nitrogen and oxygen atoms in total. The molecule has 18 heavy (non-hydrogen) atoms. The summed E-state index contributed by atoms with van der Waals surface area (Å²) in [7, 11) is 1.58. The van der Waals surface area contributed by atoms with Gasteiger partial charge in [0.25, 0.3) is 0 Å². The lowest BCUT2D eigenvalue weighted by atomic mass is 9.65. The van der Waals surface area contributed by atoms with E-state index in [1.54, 1.807) is 14.0 Å². The van der Waals surface area contributed by atoms with Crippen molar-refractivity contribution in [3.8, 4) is 0 Å². The summed E-state index contributed by atoms with van der Waals surface area (Å²) in [4.78, 5) is 23.5. The first-order chi connectivity index (χ1) is 8.27.